The minimum atomic E-state index is -0.302. The Morgan fingerprint density at radius 1 is 1.36 bits per heavy atom. The number of carbonyl (C=O) groups is 1. The average Bonchev–Trinajstić information content (AvgIpc) is 1.85. The van der Waals surface area contributed by atoms with Crippen molar-refractivity contribution in [2.75, 3.05) is 13.1 Å². The van der Waals surface area contributed by atoms with Crippen LogP contribution in [0.1, 0.15) is 20.3 Å². The molecule has 1 aliphatic rings. The minimum absolute atomic E-state index is 0.302. The van der Waals surface area contributed by atoms with Crippen molar-refractivity contribution in [2.24, 2.45) is 11.8 Å². The summed E-state index contributed by atoms with van der Waals surface area (Å²) < 4.78 is 0. The highest BCUT2D eigenvalue weighted by Crippen LogP contribution is 2.21. The first kappa shape index (κ1) is 8.85. The van der Waals surface area contributed by atoms with E-state index in [0.29, 0.717) is 11.8 Å². The Balaban J connectivity index is 2.49. The molecule has 0 bridgehead atoms. The maximum atomic E-state index is 10.8. The first-order valence-corrected chi connectivity index (χ1v) is 4.41. The van der Waals surface area contributed by atoms with Crippen LogP contribution in [0.4, 0.5) is 4.79 Å². The number of halogens is 1. The standard InChI is InChI=1S/C8H14ClNO/c1-6-3-7(2)5-10(4-6)8(9)11/h6-7H,3-5H2,1-2H3. The van der Waals surface area contributed by atoms with E-state index in [-0.39, 0.29) is 5.37 Å². The van der Waals surface area contributed by atoms with Gasteiger partial charge in [-0.15, -0.1) is 0 Å². The number of hydrogen-bond donors (Lipinski definition) is 0. The van der Waals surface area contributed by atoms with Gasteiger partial charge in [-0.25, -0.2) is 0 Å². The van der Waals surface area contributed by atoms with Gasteiger partial charge in [0.25, 0.3) is 0 Å². The number of hydrogen-bond acceptors (Lipinski definition) is 1. The first-order valence-electron chi connectivity index (χ1n) is 4.04. The van der Waals surface area contributed by atoms with Gasteiger partial charge in [0.2, 0.25) is 0 Å². The molecule has 1 aliphatic heterocycles. The Labute approximate surface area is 72.5 Å². The molecular weight excluding hydrogens is 162 g/mol. The summed E-state index contributed by atoms with van der Waals surface area (Å²) in [5, 5.41) is -0.302. The van der Waals surface area contributed by atoms with Gasteiger partial charge in [0, 0.05) is 13.1 Å². The molecule has 1 heterocycles. The third-order valence-electron chi connectivity index (χ3n) is 2.12. The molecular formula is C8H14ClNO. The van der Waals surface area contributed by atoms with Gasteiger partial charge in [0.05, 0.1) is 0 Å². The molecule has 0 N–H and O–H groups in total. The molecule has 64 valence electrons. The summed E-state index contributed by atoms with van der Waals surface area (Å²) in [6.45, 7) is 5.96. The van der Waals surface area contributed by atoms with Crippen molar-refractivity contribution in [2.45, 2.75) is 20.3 Å². The lowest BCUT2D eigenvalue weighted by atomic mass is 9.92. The van der Waals surface area contributed by atoms with E-state index in [0.717, 1.165) is 13.1 Å². The van der Waals surface area contributed by atoms with Crippen LogP contribution in [0.3, 0.4) is 0 Å². The average molecular weight is 176 g/mol. The molecule has 1 saturated heterocycles. The van der Waals surface area contributed by atoms with Crippen LogP contribution in [0.15, 0.2) is 0 Å². The lowest BCUT2D eigenvalue weighted by molar-refractivity contribution is 0.164. The van der Waals surface area contributed by atoms with Crippen molar-refractivity contribution < 1.29 is 4.79 Å². The lowest BCUT2D eigenvalue weighted by Crippen LogP contribution is -2.39. The molecule has 0 aromatic rings. The zero-order valence-electron chi connectivity index (χ0n) is 7.01. The van der Waals surface area contributed by atoms with Crippen molar-refractivity contribution in [3.8, 4) is 0 Å². The molecule has 11 heavy (non-hydrogen) atoms. The zero-order valence-corrected chi connectivity index (χ0v) is 7.77. The topological polar surface area (TPSA) is 20.3 Å². The predicted molar refractivity (Wildman–Crippen MR) is 45.8 cm³/mol. The molecule has 1 amide bonds. The van der Waals surface area contributed by atoms with Gasteiger partial charge in [-0.3, -0.25) is 4.79 Å². The highest BCUT2D eigenvalue weighted by atomic mass is 35.5. The van der Waals surface area contributed by atoms with E-state index >= 15 is 0 Å². The zero-order chi connectivity index (χ0) is 8.43. The maximum Gasteiger partial charge on any atom is 0.316 e. The molecule has 2 atom stereocenters. The number of rotatable bonds is 0. The molecule has 2 nitrogen and oxygen atoms in total. The Bertz CT molecular complexity index is 150. The van der Waals surface area contributed by atoms with E-state index in [9.17, 15) is 4.79 Å². The van der Waals surface area contributed by atoms with Gasteiger partial charge in [0.15, 0.2) is 0 Å². The quantitative estimate of drug-likeness (QED) is 0.409. The maximum absolute atomic E-state index is 10.8. The van der Waals surface area contributed by atoms with Gasteiger partial charge in [-0.1, -0.05) is 13.8 Å². The summed E-state index contributed by atoms with van der Waals surface area (Å²) in [5.74, 6) is 1.20. The van der Waals surface area contributed by atoms with Crippen molar-refractivity contribution in [3.05, 3.63) is 0 Å². The molecule has 0 saturated carbocycles. The van der Waals surface area contributed by atoms with Crippen LogP contribution in [0.2, 0.25) is 0 Å². The van der Waals surface area contributed by atoms with Crippen LogP contribution in [-0.4, -0.2) is 23.4 Å². The summed E-state index contributed by atoms with van der Waals surface area (Å²) >= 11 is 5.37. The highest BCUT2D eigenvalue weighted by Gasteiger charge is 2.23. The third-order valence-corrected chi connectivity index (χ3v) is 2.36. The molecule has 0 spiro atoms. The number of amides is 1. The Morgan fingerprint density at radius 2 is 1.82 bits per heavy atom. The minimum Gasteiger partial charge on any atom is -0.329 e. The van der Waals surface area contributed by atoms with Crippen LogP contribution in [0.25, 0.3) is 0 Å². The number of piperidine rings is 1. The van der Waals surface area contributed by atoms with Crippen molar-refractivity contribution in [1.29, 1.82) is 0 Å². The Kier molecular flexibility index (Phi) is 2.77. The van der Waals surface area contributed by atoms with Gasteiger partial charge in [-0.2, -0.15) is 0 Å². The molecule has 2 unspecified atom stereocenters. The fraction of sp³-hybridized carbons (Fsp3) is 0.875. The van der Waals surface area contributed by atoms with Crippen LogP contribution in [0.5, 0.6) is 0 Å². The van der Waals surface area contributed by atoms with Crippen LogP contribution >= 0.6 is 11.6 Å². The van der Waals surface area contributed by atoms with E-state index in [1.807, 2.05) is 0 Å². The molecule has 0 aromatic heterocycles. The van der Waals surface area contributed by atoms with Gasteiger partial charge in [0.1, 0.15) is 0 Å². The van der Waals surface area contributed by atoms with Crippen molar-refractivity contribution >= 4 is 17.0 Å². The van der Waals surface area contributed by atoms with E-state index in [2.05, 4.69) is 13.8 Å². The van der Waals surface area contributed by atoms with Crippen molar-refractivity contribution in [1.82, 2.24) is 4.90 Å². The summed E-state index contributed by atoms with van der Waals surface area (Å²) in [5.41, 5.74) is 0. The summed E-state index contributed by atoms with van der Waals surface area (Å²) in [6.07, 6.45) is 1.21. The number of likely N-dealkylation sites (tertiary alicyclic amines) is 1. The first-order chi connectivity index (χ1) is 5.09. The van der Waals surface area contributed by atoms with E-state index < -0.39 is 0 Å². The second kappa shape index (κ2) is 3.44. The largest absolute Gasteiger partial charge is 0.329 e. The second-order valence-electron chi connectivity index (χ2n) is 3.60. The Hall–Kier alpha value is -0.240. The second-order valence-corrected chi connectivity index (χ2v) is 3.93. The van der Waals surface area contributed by atoms with E-state index in [1.54, 1.807) is 4.90 Å². The van der Waals surface area contributed by atoms with Crippen molar-refractivity contribution in [3.63, 3.8) is 0 Å². The molecule has 3 heteroatoms. The number of nitrogens with zero attached hydrogens (tertiary/aromatic N) is 1. The van der Waals surface area contributed by atoms with E-state index in [4.69, 9.17) is 11.6 Å². The van der Waals surface area contributed by atoms with Crippen LogP contribution in [-0.2, 0) is 0 Å². The van der Waals surface area contributed by atoms with Gasteiger partial charge < -0.3 is 4.90 Å². The fourth-order valence-electron chi connectivity index (χ4n) is 1.81. The van der Waals surface area contributed by atoms with E-state index in [1.165, 1.54) is 6.42 Å². The monoisotopic (exact) mass is 175 g/mol. The van der Waals surface area contributed by atoms with Crippen LogP contribution < -0.4 is 0 Å². The molecule has 0 aromatic carbocycles. The molecule has 0 radical (unpaired) electrons. The lowest BCUT2D eigenvalue weighted by Gasteiger charge is -2.33. The van der Waals surface area contributed by atoms with Crippen LogP contribution in [0, 0.1) is 11.8 Å². The molecule has 1 rings (SSSR count). The highest BCUT2D eigenvalue weighted by molar-refractivity contribution is 6.62. The third kappa shape index (κ3) is 2.37. The van der Waals surface area contributed by atoms with Gasteiger partial charge >= 0.3 is 5.37 Å². The number of carbonyl (C=O) groups excluding carboxylic acids is 1. The molecule has 0 aliphatic carbocycles. The summed E-state index contributed by atoms with van der Waals surface area (Å²) in [4.78, 5) is 12.5. The van der Waals surface area contributed by atoms with Gasteiger partial charge in [-0.05, 0) is 29.9 Å². The predicted octanol–water partition coefficient (Wildman–Crippen LogP) is 2.32. The fourth-order valence-corrected chi connectivity index (χ4v) is 1.94. The summed E-state index contributed by atoms with van der Waals surface area (Å²) in [7, 11) is 0. The normalized spacial score (nSPS) is 32.1. The Morgan fingerprint density at radius 3 is 2.18 bits per heavy atom. The summed E-state index contributed by atoms with van der Waals surface area (Å²) in [6, 6.07) is 0. The SMILES string of the molecule is CC1CC(C)CN(C(=O)Cl)C1. The smallest absolute Gasteiger partial charge is 0.316 e. The molecule has 1 fully saturated rings.